The minimum atomic E-state index is 0. The average Bonchev–Trinajstić information content (AvgIpc) is 2.47. The molecule has 3 heteroatoms. The van der Waals surface area contributed by atoms with Gasteiger partial charge in [-0.15, -0.1) is 17.0 Å². The highest BCUT2D eigenvalue weighted by Crippen LogP contribution is 2.54. The predicted molar refractivity (Wildman–Crippen MR) is 87.1 cm³/mol. The van der Waals surface area contributed by atoms with Crippen LogP contribution in [-0.4, -0.2) is 19.7 Å². The lowest BCUT2D eigenvalue weighted by Crippen LogP contribution is -2.59. The SMILES string of the molecule is Br.COc1ccc2c(c1)[C@]13CCCC[C@@H]1[C@H](C2)NCC3. The fraction of sp³-hybridized carbons (Fsp3) is 0.647. The van der Waals surface area contributed by atoms with Gasteiger partial charge in [0.2, 0.25) is 0 Å². The number of halogens is 1. The second kappa shape index (κ2) is 5.34. The van der Waals surface area contributed by atoms with E-state index in [0.717, 1.165) is 17.7 Å². The summed E-state index contributed by atoms with van der Waals surface area (Å²) in [6, 6.07) is 7.50. The average molecular weight is 338 g/mol. The van der Waals surface area contributed by atoms with Crippen LogP contribution in [0.5, 0.6) is 5.75 Å². The maximum atomic E-state index is 5.48. The summed E-state index contributed by atoms with van der Waals surface area (Å²) >= 11 is 0. The number of piperidine rings is 1. The number of hydrogen-bond donors (Lipinski definition) is 1. The van der Waals surface area contributed by atoms with Gasteiger partial charge in [0.25, 0.3) is 0 Å². The fourth-order valence-corrected chi connectivity index (χ4v) is 5.03. The van der Waals surface area contributed by atoms with Crippen LogP contribution in [0.2, 0.25) is 0 Å². The molecule has 3 atom stereocenters. The third-order valence-corrected chi connectivity index (χ3v) is 5.85. The smallest absolute Gasteiger partial charge is 0.119 e. The van der Waals surface area contributed by atoms with Crippen molar-refractivity contribution in [3.8, 4) is 5.75 Å². The molecule has 2 nitrogen and oxygen atoms in total. The number of hydrogen-bond acceptors (Lipinski definition) is 2. The van der Waals surface area contributed by atoms with Crippen molar-refractivity contribution in [1.82, 2.24) is 5.32 Å². The van der Waals surface area contributed by atoms with E-state index in [-0.39, 0.29) is 17.0 Å². The maximum absolute atomic E-state index is 5.48. The standard InChI is InChI=1S/C17H23NO.BrH/c1-19-13-6-5-12-10-16-14-4-2-3-7-17(14,8-9-18-16)15(12)11-13;/h5-6,11,14,16,18H,2-4,7-10H2,1H3;1H/t14-,16+,17+;/m1./s1. The summed E-state index contributed by atoms with van der Waals surface area (Å²) in [5, 5.41) is 3.78. The Bertz CT molecular complexity index is 500. The van der Waals surface area contributed by atoms with Crippen molar-refractivity contribution >= 4 is 17.0 Å². The van der Waals surface area contributed by atoms with Gasteiger partial charge in [0.1, 0.15) is 5.75 Å². The zero-order valence-electron chi connectivity index (χ0n) is 12.2. The number of ether oxygens (including phenoxy) is 1. The molecule has 1 saturated heterocycles. The molecule has 2 fully saturated rings. The fourth-order valence-electron chi connectivity index (χ4n) is 5.03. The van der Waals surface area contributed by atoms with Crippen LogP contribution in [0.25, 0.3) is 0 Å². The highest BCUT2D eigenvalue weighted by Gasteiger charge is 2.51. The number of fused-ring (bicyclic) bond motifs is 1. The summed E-state index contributed by atoms with van der Waals surface area (Å²) in [4.78, 5) is 0. The summed E-state index contributed by atoms with van der Waals surface area (Å²) in [6.07, 6.45) is 8.15. The Kier molecular flexibility index (Phi) is 3.85. The Labute approximate surface area is 132 Å². The van der Waals surface area contributed by atoms with Gasteiger partial charge in [0, 0.05) is 11.5 Å². The van der Waals surface area contributed by atoms with Crippen molar-refractivity contribution in [2.24, 2.45) is 5.92 Å². The van der Waals surface area contributed by atoms with Crippen LogP contribution in [0.4, 0.5) is 0 Å². The number of rotatable bonds is 1. The van der Waals surface area contributed by atoms with Gasteiger partial charge in [-0.1, -0.05) is 18.9 Å². The highest BCUT2D eigenvalue weighted by atomic mass is 79.9. The van der Waals surface area contributed by atoms with E-state index in [1.54, 1.807) is 18.2 Å². The van der Waals surface area contributed by atoms with Crippen molar-refractivity contribution in [2.75, 3.05) is 13.7 Å². The molecule has 3 aliphatic rings. The molecule has 1 aliphatic heterocycles. The van der Waals surface area contributed by atoms with Gasteiger partial charge >= 0.3 is 0 Å². The summed E-state index contributed by atoms with van der Waals surface area (Å²) in [5.41, 5.74) is 3.64. The molecule has 20 heavy (non-hydrogen) atoms. The van der Waals surface area contributed by atoms with Crippen molar-refractivity contribution in [2.45, 2.75) is 50.0 Å². The Morgan fingerprint density at radius 1 is 1.25 bits per heavy atom. The lowest BCUT2D eigenvalue weighted by molar-refractivity contribution is 0.0795. The first-order chi connectivity index (χ1) is 9.33. The molecule has 1 aromatic carbocycles. The number of benzene rings is 1. The first kappa shape index (κ1) is 14.4. The molecule has 4 rings (SSSR count). The molecule has 1 aromatic rings. The van der Waals surface area contributed by atoms with E-state index in [0.29, 0.717) is 5.41 Å². The second-order valence-corrected chi connectivity index (χ2v) is 6.55. The van der Waals surface area contributed by atoms with E-state index in [1.165, 1.54) is 45.1 Å². The van der Waals surface area contributed by atoms with E-state index in [4.69, 9.17) is 4.74 Å². The molecule has 1 saturated carbocycles. The summed E-state index contributed by atoms with van der Waals surface area (Å²) < 4.78 is 5.48. The normalized spacial score (nSPS) is 34.5. The van der Waals surface area contributed by atoms with Gasteiger partial charge in [-0.2, -0.15) is 0 Å². The molecule has 1 heterocycles. The molecule has 110 valence electrons. The molecule has 0 unspecified atom stereocenters. The van der Waals surface area contributed by atoms with Crippen molar-refractivity contribution < 1.29 is 4.74 Å². The largest absolute Gasteiger partial charge is 0.497 e. The van der Waals surface area contributed by atoms with Crippen LogP contribution in [0.1, 0.15) is 43.2 Å². The highest BCUT2D eigenvalue weighted by molar-refractivity contribution is 8.93. The van der Waals surface area contributed by atoms with E-state index in [2.05, 4.69) is 23.5 Å². The minimum Gasteiger partial charge on any atom is -0.497 e. The maximum Gasteiger partial charge on any atom is 0.119 e. The van der Waals surface area contributed by atoms with Crippen LogP contribution in [0.15, 0.2) is 18.2 Å². The van der Waals surface area contributed by atoms with Crippen LogP contribution < -0.4 is 10.1 Å². The molecule has 2 aliphatic carbocycles. The first-order valence-corrected chi connectivity index (χ1v) is 7.74. The van der Waals surface area contributed by atoms with Gasteiger partial charge in [0.15, 0.2) is 0 Å². The van der Waals surface area contributed by atoms with Gasteiger partial charge < -0.3 is 10.1 Å². The third-order valence-electron chi connectivity index (χ3n) is 5.85. The monoisotopic (exact) mass is 337 g/mol. The molecule has 0 spiro atoms. The van der Waals surface area contributed by atoms with Crippen LogP contribution in [0.3, 0.4) is 0 Å². The number of nitrogens with one attached hydrogen (secondary N) is 1. The van der Waals surface area contributed by atoms with E-state index in [1.807, 2.05) is 0 Å². The van der Waals surface area contributed by atoms with Gasteiger partial charge in [-0.25, -0.2) is 0 Å². The van der Waals surface area contributed by atoms with Crippen molar-refractivity contribution in [3.05, 3.63) is 29.3 Å². The van der Waals surface area contributed by atoms with Crippen LogP contribution in [0, 0.1) is 5.92 Å². The van der Waals surface area contributed by atoms with E-state index in [9.17, 15) is 0 Å². The van der Waals surface area contributed by atoms with E-state index < -0.39 is 0 Å². The zero-order chi connectivity index (χ0) is 12.9. The predicted octanol–water partition coefficient (Wildman–Crippen LogP) is 3.62. The quantitative estimate of drug-likeness (QED) is 0.845. The number of methoxy groups -OCH3 is 1. The van der Waals surface area contributed by atoms with Gasteiger partial charge in [-0.3, -0.25) is 0 Å². The molecule has 0 aromatic heterocycles. The molecule has 0 amide bonds. The lowest BCUT2D eigenvalue weighted by Gasteiger charge is -2.56. The lowest BCUT2D eigenvalue weighted by atomic mass is 9.53. The molecule has 1 N–H and O–H groups in total. The first-order valence-electron chi connectivity index (χ1n) is 7.74. The molecule has 2 bridgehead atoms. The minimum absolute atomic E-state index is 0. The topological polar surface area (TPSA) is 21.3 Å². The zero-order valence-corrected chi connectivity index (χ0v) is 13.9. The van der Waals surface area contributed by atoms with Crippen molar-refractivity contribution in [3.63, 3.8) is 0 Å². The Hall–Kier alpha value is -0.540. The van der Waals surface area contributed by atoms with Gasteiger partial charge in [-0.05, 0) is 61.4 Å². The second-order valence-electron chi connectivity index (χ2n) is 6.55. The van der Waals surface area contributed by atoms with Crippen LogP contribution in [-0.2, 0) is 11.8 Å². The molecular formula is C17H24BrNO. The third kappa shape index (κ3) is 1.93. The summed E-state index contributed by atoms with van der Waals surface area (Å²) in [5.74, 6) is 1.89. The van der Waals surface area contributed by atoms with Crippen molar-refractivity contribution in [1.29, 1.82) is 0 Å². The molecule has 0 radical (unpaired) electrons. The van der Waals surface area contributed by atoms with Crippen LogP contribution >= 0.6 is 17.0 Å². The van der Waals surface area contributed by atoms with Gasteiger partial charge in [0.05, 0.1) is 7.11 Å². The Balaban J connectivity index is 0.00000121. The summed E-state index contributed by atoms with van der Waals surface area (Å²) in [7, 11) is 1.78. The summed E-state index contributed by atoms with van der Waals surface area (Å²) in [6.45, 7) is 1.19. The molecular weight excluding hydrogens is 314 g/mol. The van der Waals surface area contributed by atoms with E-state index >= 15 is 0 Å². The Morgan fingerprint density at radius 2 is 2.15 bits per heavy atom. The Morgan fingerprint density at radius 3 is 3.00 bits per heavy atom.